The van der Waals surface area contributed by atoms with Crippen LogP contribution in [0.15, 0.2) is 54.9 Å². The van der Waals surface area contributed by atoms with Gasteiger partial charge in [0.2, 0.25) is 5.91 Å². The quantitative estimate of drug-likeness (QED) is 0.805. The number of nitrogens with one attached hydrogen (secondary N) is 1. The fraction of sp³-hybridized carbons (Fsp3) is 0.118. The summed E-state index contributed by atoms with van der Waals surface area (Å²) in [5.41, 5.74) is 3.36. The zero-order valence-corrected chi connectivity index (χ0v) is 11.8. The number of fused-ring (bicyclic) bond motifs is 1. The van der Waals surface area contributed by atoms with Crippen molar-refractivity contribution in [3.05, 3.63) is 71.8 Å². The lowest BCUT2D eigenvalue weighted by Gasteiger charge is -2.06. The fourth-order valence-electron chi connectivity index (χ4n) is 2.17. The molecule has 5 heteroatoms. The highest BCUT2D eigenvalue weighted by Crippen LogP contribution is 2.10. The second-order valence-corrected chi connectivity index (χ2v) is 4.96. The van der Waals surface area contributed by atoms with Crippen LogP contribution >= 0.6 is 0 Å². The maximum atomic E-state index is 12.8. The number of amides is 1. The first-order chi connectivity index (χ1) is 10.7. The summed E-state index contributed by atoms with van der Waals surface area (Å²) in [6, 6.07) is 11.6. The Morgan fingerprint density at radius 3 is 2.41 bits per heavy atom. The van der Waals surface area contributed by atoms with E-state index in [-0.39, 0.29) is 18.1 Å². The number of benzene rings is 2. The Balaban J connectivity index is 1.60. The van der Waals surface area contributed by atoms with Crippen LogP contribution in [-0.4, -0.2) is 15.9 Å². The van der Waals surface area contributed by atoms with Gasteiger partial charge in [-0.05, 0) is 35.4 Å². The maximum Gasteiger partial charge on any atom is 0.224 e. The van der Waals surface area contributed by atoms with Gasteiger partial charge in [0.25, 0.3) is 0 Å². The van der Waals surface area contributed by atoms with Crippen LogP contribution in [0.1, 0.15) is 11.1 Å². The second-order valence-electron chi connectivity index (χ2n) is 4.96. The molecule has 110 valence electrons. The summed E-state index contributed by atoms with van der Waals surface area (Å²) in [5, 5.41) is 2.85. The van der Waals surface area contributed by atoms with E-state index >= 15 is 0 Å². The summed E-state index contributed by atoms with van der Waals surface area (Å²) in [7, 11) is 0. The summed E-state index contributed by atoms with van der Waals surface area (Å²) in [6.07, 6.45) is 3.51. The van der Waals surface area contributed by atoms with Gasteiger partial charge in [0.1, 0.15) is 5.82 Å². The largest absolute Gasteiger partial charge is 0.352 e. The van der Waals surface area contributed by atoms with Gasteiger partial charge in [-0.3, -0.25) is 14.8 Å². The summed E-state index contributed by atoms with van der Waals surface area (Å²) in [6.45, 7) is 0.423. The first-order valence-corrected chi connectivity index (χ1v) is 6.91. The lowest BCUT2D eigenvalue weighted by Crippen LogP contribution is -2.24. The summed E-state index contributed by atoms with van der Waals surface area (Å²) < 4.78 is 12.8. The van der Waals surface area contributed by atoms with Crippen molar-refractivity contribution in [1.29, 1.82) is 0 Å². The van der Waals surface area contributed by atoms with Crippen LogP contribution in [0.25, 0.3) is 11.0 Å². The topological polar surface area (TPSA) is 54.9 Å². The molecule has 3 aromatic rings. The third kappa shape index (κ3) is 3.44. The number of halogens is 1. The maximum absolute atomic E-state index is 12.8. The Hall–Kier alpha value is -2.82. The zero-order chi connectivity index (χ0) is 15.4. The Bertz CT molecular complexity index is 802. The molecule has 0 unspecified atom stereocenters. The molecule has 4 nitrogen and oxygen atoms in total. The average molecular weight is 295 g/mol. The molecule has 1 aromatic heterocycles. The van der Waals surface area contributed by atoms with E-state index in [0.29, 0.717) is 6.54 Å². The number of carbonyl (C=O) groups is 1. The molecule has 0 bridgehead atoms. The molecule has 0 spiro atoms. The van der Waals surface area contributed by atoms with Crippen LogP contribution in [0.4, 0.5) is 4.39 Å². The van der Waals surface area contributed by atoms with E-state index in [0.717, 1.165) is 22.2 Å². The van der Waals surface area contributed by atoms with Crippen molar-refractivity contribution in [1.82, 2.24) is 15.3 Å². The Morgan fingerprint density at radius 2 is 1.64 bits per heavy atom. The predicted octanol–water partition coefficient (Wildman–Crippen LogP) is 2.63. The molecule has 0 radical (unpaired) electrons. The summed E-state index contributed by atoms with van der Waals surface area (Å²) in [5.74, 6) is -0.410. The Kier molecular flexibility index (Phi) is 4.05. The van der Waals surface area contributed by atoms with Crippen LogP contribution in [0, 0.1) is 5.82 Å². The first-order valence-electron chi connectivity index (χ1n) is 6.91. The molecule has 2 aromatic carbocycles. The van der Waals surface area contributed by atoms with Gasteiger partial charge in [-0.2, -0.15) is 0 Å². The third-order valence-electron chi connectivity index (χ3n) is 3.30. The van der Waals surface area contributed by atoms with Gasteiger partial charge >= 0.3 is 0 Å². The fourth-order valence-corrected chi connectivity index (χ4v) is 2.17. The molecule has 0 aliphatic rings. The molecule has 0 aliphatic heterocycles. The van der Waals surface area contributed by atoms with E-state index in [9.17, 15) is 9.18 Å². The SMILES string of the molecule is O=C(Cc1ccc(F)cc1)NCc1ccc2nccnc2c1. The number of hydrogen-bond donors (Lipinski definition) is 1. The van der Waals surface area contributed by atoms with Crippen LogP contribution in [0.3, 0.4) is 0 Å². The normalized spacial score (nSPS) is 10.6. The van der Waals surface area contributed by atoms with Crippen molar-refractivity contribution in [3.63, 3.8) is 0 Å². The van der Waals surface area contributed by atoms with Gasteiger partial charge in [0.05, 0.1) is 17.5 Å². The summed E-state index contributed by atoms with van der Waals surface area (Å²) in [4.78, 5) is 20.3. The molecule has 1 N–H and O–H groups in total. The molecule has 0 fully saturated rings. The number of aromatic nitrogens is 2. The zero-order valence-electron chi connectivity index (χ0n) is 11.8. The first kappa shape index (κ1) is 14.1. The second kappa shape index (κ2) is 6.30. The van der Waals surface area contributed by atoms with Gasteiger partial charge in [0, 0.05) is 18.9 Å². The number of hydrogen-bond acceptors (Lipinski definition) is 3. The molecule has 0 aliphatic carbocycles. The average Bonchev–Trinajstić information content (AvgIpc) is 2.55. The lowest BCUT2D eigenvalue weighted by atomic mass is 10.1. The van der Waals surface area contributed by atoms with E-state index in [1.54, 1.807) is 24.5 Å². The molecule has 22 heavy (non-hydrogen) atoms. The Morgan fingerprint density at radius 1 is 0.955 bits per heavy atom. The van der Waals surface area contributed by atoms with Crippen LogP contribution in [0.2, 0.25) is 0 Å². The van der Waals surface area contributed by atoms with Gasteiger partial charge in [0.15, 0.2) is 0 Å². The smallest absolute Gasteiger partial charge is 0.224 e. The van der Waals surface area contributed by atoms with Crippen LogP contribution in [-0.2, 0) is 17.8 Å². The Labute approximate surface area is 127 Å². The molecule has 0 atom stereocenters. The minimum absolute atomic E-state index is 0.106. The van der Waals surface area contributed by atoms with Gasteiger partial charge in [-0.1, -0.05) is 18.2 Å². The van der Waals surface area contributed by atoms with Crippen molar-refractivity contribution in [2.75, 3.05) is 0 Å². The minimum Gasteiger partial charge on any atom is -0.352 e. The number of carbonyl (C=O) groups excluding carboxylic acids is 1. The standard InChI is InChI=1S/C17H14FN3O/c18-14-4-1-12(2-5-14)10-17(22)21-11-13-3-6-15-16(9-13)20-8-7-19-15/h1-9H,10-11H2,(H,21,22). The van der Waals surface area contributed by atoms with Gasteiger partial charge < -0.3 is 5.32 Å². The molecule has 1 amide bonds. The number of nitrogens with zero attached hydrogens (tertiary/aromatic N) is 2. The minimum atomic E-state index is -0.304. The molecule has 1 heterocycles. The summed E-state index contributed by atoms with van der Waals surface area (Å²) >= 11 is 0. The van der Waals surface area contributed by atoms with E-state index < -0.39 is 0 Å². The van der Waals surface area contributed by atoms with Gasteiger partial charge in [-0.25, -0.2) is 4.39 Å². The molecule has 0 saturated heterocycles. The number of rotatable bonds is 4. The van der Waals surface area contributed by atoms with Crippen molar-refractivity contribution in [3.8, 4) is 0 Å². The predicted molar refractivity (Wildman–Crippen MR) is 81.5 cm³/mol. The van der Waals surface area contributed by atoms with Crippen LogP contribution in [0.5, 0.6) is 0 Å². The van der Waals surface area contributed by atoms with Crippen molar-refractivity contribution in [2.24, 2.45) is 0 Å². The molecule has 3 rings (SSSR count). The molecular formula is C17H14FN3O. The van der Waals surface area contributed by atoms with Crippen molar-refractivity contribution in [2.45, 2.75) is 13.0 Å². The van der Waals surface area contributed by atoms with Gasteiger partial charge in [-0.15, -0.1) is 0 Å². The highest BCUT2D eigenvalue weighted by Gasteiger charge is 2.04. The highest BCUT2D eigenvalue weighted by atomic mass is 19.1. The van der Waals surface area contributed by atoms with Crippen molar-refractivity contribution >= 4 is 16.9 Å². The highest BCUT2D eigenvalue weighted by molar-refractivity contribution is 5.79. The van der Waals surface area contributed by atoms with Crippen molar-refractivity contribution < 1.29 is 9.18 Å². The van der Waals surface area contributed by atoms with E-state index in [1.165, 1.54) is 12.1 Å². The van der Waals surface area contributed by atoms with E-state index in [4.69, 9.17) is 0 Å². The molecular weight excluding hydrogens is 281 g/mol. The van der Waals surface area contributed by atoms with E-state index in [2.05, 4.69) is 15.3 Å². The van der Waals surface area contributed by atoms with E-state index in [1.807, 2.05) is 18.2 Å². The monoisotopic (exact) mass is 295 g/mol. The van der Waals surface area contributed by atoms with Crippen LogP contribution < -0.4 is 5.32 Å². The lowest BCUT2D eigenvalue weighted by molar-refractivity contribution is -0.120. The third-order valence-corrected chi connectivity index (χ3v) is 3.30. The molecule has 0 saturated carbocycles.